The predicted molar refractivity (Wildman–Crippen MR) is 145 cm³/mol. The molecule has 0 amide bonds. The van der Waals surface area contributed by atoms with Crippen molar-refractivity contribution in [1.82, 2.24) is 14.5 Å². The minimum absolute atomic E-state index is 0.146. The van der Waals surface area contributed by atoms with Crippen molar-refractivity contribution >= 4 is 5.69 Å². The summed E-state index contributed by atoms with van der Waals surface area (Å²) in [6.07, 6.45) is 11.9. The molecule has 4 nitrogen and oxygen atoms in total. The van der Waals surface area contributed by atoms with Gasteiger partial charge in [-0.05, 0) is 76.1 Å². The summed E-state index contributed by atoms with van der Waals surface area (Å²) in [5.74, 6) is 2.35. The van der Waals surface area contributed by atoms with Gasteiger partial charge in [0.15, 0.2) is 5.82 Å². The monoisotopic (exact) mass is 484 g/mol. The Bertz CT molecular complexity index is 1330. The molecule has 1 aliphatic carbocycles. The van der Waals surface area contributed by atoms with Crippen LogP contribution in [0.1, 0.15) is 81.9 Å². The molecule has 1 aromatic carbocycles. The Morgan fingerprint density at radius 2 is 2.00 bits per heavy atom. The third kappa shape index (κ3) is 3.63. The number of anilines is 1. The third-order valence-electron chi connectivity index (χ3n) is 8.36. The Morgan fingerprint density at radius 3 is 2.64 bits per heavy atom. The minimum atomic E-state index is -0.536. The molecule has 2 aliphatic rings. The van der Waals surface area contributed by atoms with Crippen LogP contribution in [0, 0.1) is 18.7 Å². The van der Waals surface area contributed by atoms with Gasteiger partial charge >= 0.3 is 0 Å². The average molecular weight is 485 g/mol. The molecule has 3 heterocycles. The number of benzene rings is 1. The predicted octanol–water partition coefficient (Wildman–Crippen LogP) is 7.74. The van der Waals surface area contributed by atoms with Crippen molar-refractivity contribution in [3.05, 3.63) is 95.5 Å². The molecule has 1 fully saturated rings. The molecule has 2 aromatic heterocycles. The summed E-state index contributed by atoms with van der Waals surface area (Å²) >= 11 is 0. The molecule has 0 radical (unpaired) electrons. The number of imidazole rings is 1. The SMILES string of the molecule is C=C(C)C(/C=C/C)(c1ccc(C)cc1F)C1CCC2(CC1)Nc1cccnc1-n1c2cnc1C(C)C. The Labute approximate surface area is 214 Å². The van der Waals surface area contributed by atoms with Crippen LogP contribution in [0.5, 0.6) is 0 Å². The molecule has 0 saturated heterocycles. The molecule has 1 spiro atoms. The number of fused-ring (bicyclic) bond motifs is 4. The maximum atomic E-state index is 15.5. The van der Waals surface area contributed by atoms with Crippen molar-refractivity contribution in [1.29, 1.82) is 0 Å². The lowest BCUT2D eigenvalue weighted by molar-refractivity contribution is 0.198. The van der Waals surface area contributed by atoms with Crippen molar-refractivity contribution in [2.75, 3.05) is 5.32 Å². The molecule has 188 valence electrons. The van der Waals surface area contributed by atoms with Crippen molar-refractivity contribution in [2.45, 2.75) is 77.2 Å². The first kappa shape index (κ1) is 24.5. The van der Waals surface area contributed by atoms with Crippen LogP contribution in [-0.4, -0.2) is 14.5 Å². The minimum Gasteiger partial charge on any atom is -0.371 e. The number of pyridine rings is 1. The standard InChI is InChI=1S/C31H37FN4/c1-7-14-31(21(4)5,24-11-10-22(6)18-25(24)32)23-12-15-30(16-13-23)27-19-34-28(20(2)3)36(27)29-26(35-30)9-8-17-33-29/h7-11,14,17-20,23,35H,4,12-13,15-16H2,1-3,5-6H3/b14-7+. The van der Waals surface area contributed by atoms with E-state index in [9.17, 15) is 0 Å². The first-order chi connectivity index (χ1) is 17.2. The van der Waals surface area contributed by atoms with E-state index in [4.69, 9.17) is 9.97 Å². The van der Waals surface area contributed by atoms with Gasteiger partial charge in [0.1, 0.15) is 11.6 Å². The highest BCUT2D eigenvalue weighted by atomic mass is 19.1. The number of allylic oxidation sites excluding steroid dienone is 3. The van der Waals surface area contributed by atoms with E-state index in [2.05, 4.69) is 55.5 Å². The second-order valence-corrected chi connectivity index (χ2v) is 11.0. The normalized spacial score (nSPS) is 22.8. The van der Waals surface area contributed by atoms with Gasteiger partial charge in [-0.2, -0.15) is 0 Å². The maximum absolute atomic E-state index is 15.5. The van der Waals surface area contributed by atoms with Gasteiger partial charge in [-0.1, -0.05) is 50.3 Å². The molecular weight excluding hydrogens is 447 g/mol. The van der Waals surface area contributed by atoms with Gasteiger partial charge in [0, 0.05) is 23.1 Å². The molecule has 1 unspecified atom stereocenters. The van der Waals surface area contributed by atoms with E-state index in [0.29, 0.717) is 0 Å². The van der Waals surface area contributed by atoms with Gasteiger partial charge in [0.25, 0.3) is 0 Å². The van der Waals surface area contributed by atoms with Crippen LogP contribution in [0.25, 0.3) is 5.82 Å². The van der Waals surface area contributed by atoms with E-state index in [1.807, 2.05) is 44.4 Å². The number of hydrogen-bond donors (Lipinski definition) is 1. The molecular formula is C31H37FN4. The number of hydrogen-bond acceptors (Lipinski definition) is 3. The highest BCUT2D eigenvalue weighted by molar-refractivity contribution is 5.64. The smallest absolute Gasteiger partial charge is 0.161 e. The molecule has 1 N–H and O–H groups in total. The summed E-state index contributed by atoms with van der Waals surface area (Å²) in [6.45, 7) is 14.8. The Hall–Kier alpha value is -3.21. The number of nitrogens with one attached hydrogen (secondary N) is 1. The summed E-state index contributed by atoms with van der Waals surface area (Å²) in [5, 5.41) is 3.87. The lowest BCUT2D eigenvalue weighted by Crippen LogP contribution is -2.47. The second kappa shape index (κ2) is 9.02. The van der Waals surface area contributed by atoms with Crippen LogP contribution >= 0.6 is 0 Å². The highest BCUT2D eigenvalue weighted by Crippen LogP contribution is 2.53. The molecule has 1 saturated carbocycles. The van der Waals surface area contributed by atoms with Crippen LogP contribution in [0.15, 0.2) is 67.0 Å². The quantitative estimate of drug-likeness (QED) is 0.377. The van der Waals surface area contributed by atoms with Gasteiger partial charge < -0.3 is 5.32 Å². The van der Waals surface area contributed by atoms with Gasteiger partial charge in [-0.25, -0.2) is 14.4 Å². The van der Waals surface area contributed by atoms with Gasteiger partial charge in [0.2, 0.25) is 0 Å². The van der Waals surface area contributed by atoms with Crippen LogP contribution in [0.3, 0.4) is 0 Å². The van der Waals surface area contributed by atoms with Crippen LogP contribution < -0.4 is 5.32 Å². The average Bonchev–Trinajstić information content (AvgIpc) is 3.31. The van der Waals surface area contributed by atoms with Crippen LogP contribution in [-0.2, 0) is 11.0 Å². The molecule has 3 aromatic rings. The first-order valence-corrected chi connectivity index (χ1v) is 13.1. The largest absolute Gasteiger partial charge is 0.371 e. The Morgan fingerprint density at radius 1 is 1.25 bits per heavy atom. The number of aryl methyl sites for hydroxylation is 1. The molecule has 1 atom stereocenters. The summed E-state index contributed by atoms with van der Waals surface area (Å²) in [7, 11) is 0. The molecule has 36 heavy (non-hydrogen) atoms. The molecule has 5 heteroatoms. The van der Waals surface area contributed by atoms with E-state index < -0.39 is 5.41 Å². The van der Waals surface area contributed by atoms with Gasteiger partial charge in [0.05, 0.1) is 23.1 Å². The Balaban J connectivity index is 1.56. The Kier molecular flexibility index (Phi) is 6.14. The van der Waals surface area contributed by atoms with Crippen LogP contribution in [0.4, 0.5) is 10.1 Å². The number of rotatable bonds is 5. The lowest BCUT2D eigenvalue weighted by atomic mass is 9.58. The summed E-state index contributed by atoms with van der Waals surface area (Å²) < 4.78 is 17.7. The molecule has 5 rings (SSSR count). The van der Waals surface area contributed by atoms with E-state index in [1.165, 1.54) is 5.69 Å². The summed E-state index contributed by atoms with van der Waals surface area (Å²) in [6, 6.07) is 9.74. The van der Waals surface area contributed by atoms with Crippen molar-refractivity contribution in [2.24, 2.45) is 5.92 Å². The zero-order valence-corrected chi connectivity index (χ0v) is 22.1. The topological polar surface area (TPSA) is 42.7 Å². The van der Waals surface area contributed by atoms with E-state index in [0.717, 1.165) is 59.7 Å². The highest BCUT2D eigenvalue weighted by Gasteiger charge is 2.49. The summed E-state index contributed by atoms with van der Waals surface area (Å²) in [5.41, 5.74) is 4.13. The van der Waals surface area contributed by atoms with Crippen LogP contribution in [0.2, 0.25) is 0 Å². The zero-order chi connectivity index (χ0) is 25.7. The van der Waals surface area contributed by atoms with E-state index >= 15 is 4.39 Å². The number of aromatic nitrogens is 3. The fourth-order valence-electron chi connectivity index (χ4n) is 6.66. The van der Waals surface area contributed by atoms with Gasteiger partial charge in [-0.3, -0.25) is 4.57 Å². The maximum Gasteiger partial charge on any atom is 0.161 e. The van der Waals surface area contributed by atoms with E-state index in [-0.39, 0.29) is 23.2 Å². The summed E-state index contributed by atoms with van der Waals surface area (Å²) in [4.78, 5) is 9.56. The fraction of sp³-hybridized carbons (Fsp3) is 0.419. The third-order valence-corrected chi connectivity index (χ3v) is 8.36. The molecule has 1 aliphatic heterocycles. The lowest BCUT2D eigenvalue weighted by Gasteiger charge is -2.49. The van der Waals surface area contributed by atoms with Gasteiger partial charge in [-0.15, -0.1) is 0 Å². The fourth-order valence-corrected chi connectivity index (χ4v) is 6.66. The zero-order valence-electron chi connectivity index (χ0n) is 22.1. The molecule has 0 bridgehead atoms. The second-order valence-electron chi connectivity index (χ2n) is 11.0. The number of halogens is 1. The number of nitrogens with zero attached hydrogens (tertiary/aromatic N) is 3. The van der Waals surface area contributed by atoms with Crippen molar-refractivity contribution < 1.29 is 4.39 Å². The van der Waals surface area contributed by atoms with E-state index in [1.54, 1.807) is 6.07 Å². The van der Waals surface area contributed by atoms with Crippen molar-refractivity contribution in [3.63, 3.8) is 0 Å². The first-order valence-electron chi connectivity index (χ1n) is 13.1. The van der Waals surface area contributed by atoms with Crippen molar-refractivity contribution in [3.8, 4) is 5.82 Å².